The molecule has 0 atom stereocenters. The van der Waals surface area contributed by atoms with E-state index in [0.717, 1.165) is 5.56 Å². The number of ether oxygens (including phenoxy) is 2. The highest BCUT2D eigenvalue weighted by molar-refractivity contribution is 7.89. The number of carbonyl (C=O) groups is 2. The molecular weight excluding hydrogens is 396 g/mol. The summed E-state index contributed by atoms with van der Waals surface area (Å²) in [6, 6.07) is 11.8. The number of nitrogens with one attached hydrogen (secondary N) is 2. The van der Waals surface area contributed by atoms with Crippen molar-refractivity contribution in [3.05, 3.63) is 53.6 Å². The minimum absolute atomic E-state index is 0.136. The summed E-state index contributed by atoms with van der Waals surface area (Å²) in [5, 5.41) is 2.58. The van der Waals surface area contributed by atoms with Gasteiger partial charge >= 0.3 is 5.97 Å². The fourth-order valence-corrected chi connectivity index (χ4v) is 3.87. The summed E-state index contributed by atoms with van der Waals surface area (Å²) in [6.07, 6.45) is -0.202. The average Bonchev–Trinajstić information content (AvgIpc) is 2.66. The second-order valence-corrected chi connectivity index (χ2v) is 8.06. The molecule has 0 saturated carbocycles. The molecule has 0 bridgehead atoms. The fraction of sp³-hybridized carbons (Fsp3) is 0.300. The summed E-state index contributed by atoms with van der Waals surface area (Å²) < 4.78 is 37.0. The van der Waals surface area contributed by atoms with Gasteiger partial charge in [0.25, 0.3) is 5.91 Å². The zero-order valence-corrected chi connectivity index (χ0v) is 17.3. The van der Waals surface area contributed by atoms with Gasteiger partial charge in [0, 0.05) is 6.54 Å². The van der Waals surface area contributed by atoms with E-state index in [-0.39, 0.29) is 17.9 Å². The Labute approximate surface area is 170 Å². The van der Waals surface area contributed by atoms with Crippen LogP contribution in [-0.2, 0) is 24.3 Å². The molecule has 9 heteroatoms. The normalized spacial score (nSPS) is 11.0. The van der Waals surface area contributed by atoms with Gasteiger partial charge in [0.05, 0.1) is 24.1 Å². The summed E-state index contributed by atoms with van der Waals surface area (Å²) in [5.74, 6) is -0.741. The highest BCUT2D eigenvalue weighted by Gasteiger charge is 2.17. The molecule has 0 saturated heterocycles. The second-order valence-electron chi connectivity index (χ2n) is 6.33. The van der Waals surface area contributed by atoms with E-state index in [9.17, 15) is 18.0 Å². The van der Waals surface area contributed by atoms with Crippen LogP contribution in [0.4, 0.5) is 5.69 Å². The topological polar surface area (TPSA) is 111 Å². The van der Waals surface area contributed by atoms with Crippen LogP contribution < -0.4 is 14.8 Å². The lowest BCUT2D eigenvalue weighted by Crippen LogP contribution is -2.28. The Morgan fingerprint density at radius 2 is 1.79 bits per heavy atom. The third-order valence-corrected chi connectivity index (χ3v) is 5.61. The summed E-state index contributed by atoms with van der Waals surface area (Å²) >= 11 is 0. The maximum atomic E-state index is 12.3. The number of aryl methyl sites for hydroxylation is 2. The van der Waals surface area contributed by atoms with Crippen molar-refractivity contribution in [1.29, 1.82) is 0 Å². The van der Waals surface area contributed by atoms with Gasteiger partial charge < -0.3 is 14.8 Å². The number of benzene rings is 2. The first-order valence-electron chi connectivity index (χ1n) is 8.88. The van der Waals surface area contributed by atoms with Gasteiger partial charge in [0.15, 0.2) is 6.61 Å². The second kappa shape index (κ2) is 10.0. The summed E-state index contributed by atoms with van der Waals surface area (Å²) in [5.41, 5.74) is 2.03. The van der Waals surface area contributed by atoms with Crippen LogP contribution in [0.25, 0.3) is 0 Å². The molecule has 0 aliphatic carbocycles. The summed E-state index contributed by atoms with van der Waals surface area (Å²) in [4.78, 5) is 23.9. The minimum Gasteiger partial charge on any atom is -0.495 e. The highest BCUT2D eigenvalue weighted by Crippen LogP contribution is 2.22. The first kappa shape index (κ1) is 22.4. The first-order valence-corrected chi connectivity index (χ1v) is 10.4. The van der Waals surface area contributed by atoms with Gasteiger partial charge in [-0.25, -0.2) is 13.1 Å². The number of hydrogen-bond acceptors (Lipinski definition) is 6. The molecule has 0 unspecified atom stereocenters. The molecule has 0 radical (unpaired) electrons. The standard InChI is InChI=1S/C20H24N2O6S/c1-14-8-9-18(15(2)12-14)29(25,26)21-11-10-20(24)28-13-19(23)22-16-6-4-5-7-17(16)27-3/h4-9,12,21H,10-11,13H2,1-3H3,(H,22,23). The SMILES string of the molecule is COc1ccccc1NC(=O)COC(=O)CCNS(=O)(=O)c1ccc(C)cc1C. The van der Waals surface area contributed by atoms with E-state index in [1.807, 2.05) is 6.92 Å². The van der Waals surface area contributed by atoms with Crippen molar-refractivity contribution in [2.24, 2.45) is 0 Å². The number of anilines is 1. The molecule has 2 N–H and O–H groups in total. The molecule has 0 aromatic heterocycles. The average molecular weight is 420 g/mol. The molecule has 2 aromatic carbocycles. The van der Waals surface area contributed by atoms with Gasteiger partial charge in [-0.3, -0.25) is 9.59 Å². The molecule has 156 valence electrons. The molecule has 2 rings (SSSR count). The molecule has 0 aliphatic heterocycles. The van der Waals surface area contributed by atoms with Gasteiger partial charge in [-0.05, 0) is 37.6 Å². The van der Waals surface area contributed by atoms with Crippen molar-refractivity contribution in [2.75, 3.05) is 25.6 Å². The smallest absolute Gasteiger partial charge is 0.307 e. The lowest BCUT2D eigenvalue weighted by atomic mass is 10.2. The van der Waals surface area contributed by atoms with E-state index in [0.29, 0.717) is 17.0 Å². The van der Waals surface area contributed by atoms with Crippen molar-refractivity contribution < 1.29 is 27.5 Å². The lowest BCUT2D eigenvalue weighted by Gasteiger charge is -2.11. The third-order valence-electron chi connectivity index (χ3n) is 3.99. The Morgan fingerprint density at radius 1 is 1.07 bits per heavy atom. The van der Waals surface area contributed by atoms with Crippen LogP contribution in [0.2, 0.25) is 0 Å². The molecule has 0 heterocycles. The number of hydrogen-bond donors (Lipinski definition) is 2. The van der Waals surface area contributed by atoms with E-state index >= 15 is 0 Å². The molecule has 0 spiro atoms. The van der Waals surface area contributed by atoms with Crippen LogP contribution in [0.3, 0.4) is 0 Å². The van der Waals surface area contributed by atoms with Crippen LogP contribution in [0.1, 0.15) is 17.5 Å². The molecule has 8 nitrogen and oxygen atoms in total. The van der Waals surface area contributed by atoms with Gasteiger partial charge in [0.1, 0.15) is 5.75 Å². The Morgan fingerprint density at radius 3 is 2.48 bits per heavy atom. The van der Waals surface area contributed by atoms with Gasteiger partial charge in [-0.1, -0.05) is 29.8 Å². The Hall–Kier alpha value is -2.91. The number of esters is 1. The van der Waals surface area contributed by atoms with Crippen molar-refractivity contribution >= 4 is 27.6 Å². The van der Waals surface area contributed by atoms with Crippen LogP contribution in [0, 0.1) is 13.8 Å². The van der Waals surface area contributed by atoms with Gasteiger partial charge in [-0.2, -0.15) is 0 Å². The number of sulfonamides is 1. The largest absolute Gasteiger partial charge is 0.495 e. The number of methoxy groups -OCH3 is 1. The van der Waals surface area contributed by atoms with Crippen LogP contribution in [0.5, 0.6) is 5.75 Å². The van der Waals surface area contributed by atoms with Crippen molar-refractivity contribution in [1.82, 2.24) is 4.72 Å². The fourth-order valence-electron chi connectivity index (χ4n) is 2.62. The van der Waals surface area contributed by atoms with E-state index in [1.165, 1.54) is 13.2 Å². The molecule has 1 amide bonds. The Bertz CT molecular complexity index is 988. The van der Waals surface area contributed by atoms with Gasteiger partial charge in [0.2, 0.25) is 10.0 Å². The van der Waals surface area contributed by atoms with E-state index < -0.39 is 28.5 Å². The molecule has 2 aromatic rings. The summed E-state index contributed by atoms with van der Waals surface area (Å²) in [6.45, 7) is 2.95. The van der Waals surface area contributed by atoms with Gasteiger partial charge in [-0.15, -0.1) is 0 Å². The minimum atomic E-state index is -3.73. The predicted molar refractivity (Wildman–Crippen MR) is 108 cm³/mol. The number of para-hydroxylation sites is 2. The lowest BCUT2D eigenvalue weighted by molar-refractivity contribution is -0.147. The molecule has 29 heavy (non-hydrogen) atoms. The van der Waals surface area contributed by atoms with E-state index in [4.69, 9.17) is 9.47 Å². The zero-order chi connectivity index (χ0) is 21.4. The Kier molecular flexibility index (Phi) is 7.74. The van der Waals surface area contributed by atoms with Crippen molar-refractivity contribution in [3.8, 4) is 5.75 Å². The summed E-state index contributed by atoms with van der Waals surface area (Å²) in [7, 11) is -2.26. The van der Waals surface area contributed by atoms with Crippen LogP contribution >= 0.6 is 0 Å². The van der Waals surface area contributed by atoms with E-state index in [2.05, 4.69) is 10.0 Å². The van der Waals surface area contributed by atoms with E-state index in [1.54, 1.807) is 43.3 Å². The first-order chi connectivity index (χ1) is 13.7. The number of carbonyl (C=O) groups excluding carboxylic acids is 2. The predicted octanol–water partition coefficient (Wildman–Crippen LogP) is 2.16. The molecular formula is C20H24N2O6S. The molecule has 0 fully saturated rings. The highest BCUT2D eigenvalue weighted by atomic mass is 32.2. The number of amides is 1. The molecule has 0 aliphatic rings. The zero-order valence-electron chi connectivity index (χ0n) is 16.5. The number of rotatable bonds is 9. The quantitative estimate of drug-likeness (QED) is 0.602. The maximum absolute atomic E-state index is 12.3. The van der Waals surface area contributed by atoms with Crippen molar-refractivity contribution in [2.45, 2.75) is 25.2 Å². The monoisotopic (exact) mass is 420 g/mol. The third kappa shape index (κ3) is 6.58. The van der Waals surface area contributed by atoms with Crippen LogP contribution in [0.15, 0.2) is 47.4 Å². The maximum Gasteiger partial charge on any atom is 0.307 e. The van der Waals surface area contributed by atoms with Crippen molar-refractivity contribution in [3.63, 3.8) is 0 Å². The van der Waals surface area contributed by atoms with Crippen LogP contribution in [-0.4, -0.2) is 40.6 Å². The Balaban J connectivity index is 1.79.